The number of hydrogen-bond acceptors (Lipinski definition) is 6. The number of anilines is 2. The Hall–Kier alpha value is -3.23. The SMILES string of the molecule is COc1ccccc1Oc1ccc(S(=O)(=O)Nc2ccc(N3CCC(OC)CC3)cc2)cc1. The molecule has 0 bridgehead atoms. The van der Waals surface area contributed by atoms with Crippen molar-refractivity contribution in [2.24, 2.45) is 0 Å². The predicted molar refractivity (Wildman–Crippen MR) is 129 cm³/mol. The minimum atomic E-state index is -3.72. The zero-order valence-electron chi connectivity index (χ0n) is 18.7. The van der Waals surface area contributed by atoms with Gasteiger partial charge in [0, 0.05) is 31.6 Å². The third-order valence-corrected chi connectivity index (χ3v) is 7.09. The molecule has 1 aliphatic heterocycles. The first-order valence-electron chi connectivity index (χ1n) is 10.8. The fourth-order valence-electron chi connectivity index (χ4n) is 3.82. The Labute approximate surface area is 195 Å². The fourth-order valence-corrected chi connectivity index (χ4v) is 4.88. The highest BCUT2D eigenvalue weighted by Gasteiger charge is 2.19. The number of methoxy groups -OCH3 is 2. The second-order valence-corrected chi connectivity index (χ2v) is 9.48. The van der Waals surface area contributed by atoms with Crippen molar-refractivity contribution in [3.8, 4) is 17.2 Å². The maximum Gasteiger partial charge on any atom is 0.261 e. The zero-order valence-corrected chi connectivity index (χ0v) is 19.5. The van der Waals surface area contributed by atoms with Crippen LogP contribution in [0.5, 0.6) is 17.2 Å². The summed E-state index contributed by atoms with van der Waals surface area (Å²) in [5.41, 5.74) is 1.59. The number of sulfonamides is 1. The highest BCUT2D eigenvalue weighted by Crippen LogP contribution is 2.31. The first kappa shape index (κ1) is 22.9. The summed E-state index contributed by atoms with van der Waals surface area (Å²) in [4.78, 5) is 2.44. The zero-order chi connectivity index (χ0) is 23.3. The quantitative estimate of drug-likeness (QED) is 0.507. The molecule has 0 amide bonds. The van der Waals surface area contributed by atoms with Gasteiger partial charge in [-0.2, -0.15) is 0 Å². The summed E-state index contributed by atoms with van der Waals surface area (Å²) in [5.74, 6) is 1.67. The Morgan fingerprint density at radius 2 is 1.48 bits per heavy atom. The second-order valence-electron chi connectivity index (χ2n) is 7.80. The lowest BCUT2D eigenvalue weighted by Gasteiger charge is -2.33. The van der Waals surface area contributed by atoms with Gasteiger partial charge in [0.25, 0.3) is 10.0 Å². The lowest BCUT2D eigenvalue weighted by molar-refractivity contribution is 0.0819. The molecule has 0 saturated carbocycles. The number of nitrogens with one attached hydrogen (secondary N) is 1. The molecule has 174 valence electrons. The average molecular weight is 469 g/mol. The van der Waals surface area contributed by atoms with Crippen molar-refractivity contribution in [1.82, 2.24) is 0 Å². The largest absolute Gasteiger partial charge is 0.493 e. The molecule has 1 N–H and O–H groups in total. The van der Waals surface area contributed by atoms with Crippen molar-refractivity contribution in [1.29, 1.82) is 0 Å². The van der Waals surface area contributed by atoms with Gasteiger partial charge in [0.15, 0.2) is 11.5 Å². The van der Waals surface area contributed by atoms with Crippen molar-refractivity contribution in [3.05, 3.63) is 72.8 Å². The van der Waals surface area contributed by atoms with E-state index in [-0.39, 0.29) is 4.90 Å². The van der Waals surface area contributed by atoms with Crippen LogP contribution in [-0.2, 0) is 14.8 Å². The predicted octanol–water partition coefficient (Wildman–Crippen LogP) is 4.90. The van der Waals surface area contributed by atoms with Crippen molar-refractivity contribution >= 4 is 21.4 Å². The first-order valence-corrected chi connectivity index (χ1v) is 12.3. The van der Waals surface area contributed by atoms with Crippen LogP contribution < -0.4 is 19.1 Å². The van der Waals surface area contributed by atoms with Crippen LogP contribution in [-0.4, -0.2) is 41.8 Å². The molecule has 33 heavy (non-hydrogen) atoms. The number of benzene rings is 3. The smallest absolute Gasteiger partial charge is 0.261 e. The molecule has 7 nitrogen and oxygen atoms in total. The van der Waals surface area contributed by atoms with Crippen molar-refractivity contribution in [2.75, 3.05) is 36.9 Å². The van der Waals surface area contributed by atoms with E-state index in [0.29, 0.717) is 29.0 Å². The molecule has 0 radical (unpaired) electrons. The minimum Gasteiger partial charge on any atom is -0.493 e. The standard InChI is InChI=1S/C25H28N2O5S/c1-30-21-15-17-27(18-16-21)20-9-7-19(8-10-20)26-33(28,29)23-13-11-22(12-14-23)32-25-6-4-3-5-24(25)31-2/h3-14,21,26H,15-18H2,1-2H3. The summed E-state index contributed by atoms with van der Waals surface area (Å²) in [7, 11) is -0.404. The van der Waals surface area contributed by atoms with Gasteiger partial charge in [-0.25, -0.2) is 8.42 Å². The van der Waals surface area contributed by atoms with Crippen LogP contribution in [0.4, 0.5) is 11.4 Å². The lowest BCUT2D eigenvalue weighted by atomic mass is 10.1. The molecule has 1 fully saturated rings. The molecular weight excluding hydrogens is 440 g/mol. The lowest BCUT2D eigenvalue weighted by Crippen LogP contribution is -2.36. The van der Waals surface area contributed by atoms with Gasteiger partial charge in [-0.3, -0.25) is 4.72 Å². The van der Waals surface area contributed by atoms with E-state index in [1.165, 1.54) is 12.1 Å². The summed E-state index contributed by atoms with van der Waals surface area (Å²) in [6.45, 7) is 1.85. The van der Waals surface area contributed by atoms with Gasteiger partial charge in [-0.15, -0.1) is 0 Å². The molecule has 1 heterocycles. The maximum absolute atomic E-state index is 12.8. The summed E-state index contributed by atoms with van der Waals surface area (Å²) < 4.78 is 44.8. The molecule has 4 rings (SSSR count). The number of para-hydroxylation sites is 2. The van der Waals surface area contributed by atoms with Gasteiger partial charge in [-0.05, 0) is 73.5 Å². The maximum atomic E-state index is 12.8. The topological polar surface area (TPSA) is 77.1 Å². The van der Waals surface area contributed by atoms with Crippen LogP contribution in [0.1, 0.15) is 12.8 Å². The van der Waals surface area contributed by atoms with Gasteiger partial charge < -0.3 is 19.1 Å². The van der Waals surface area contributed by atoms with Crippen LogP contribution in [0.15, 0.2) is 77.7 Å². The second kappa shape index (κ2) is 10.1. The van der Waals surface area contributed by atoms with E-state index in [1.807, 2.05) is 24.3 Å². The molecule has 0 aliphatic carbocycles. The number of hydrogen-bond donors (Lipinski definition) is 1. The van der Waals surface area contributed by atoms with Gasteiger partial charge in [-0.1, -0.05) is 12.1 Å². The number of rotatable bonds is 8. The first-order chi connectivity index (χ1) is 16.0. The Morgan fingerprint density at radius 3 is 2.09 bits per heavy atom. The van der Waals surface area contributed by atoms with Crippen LogP contribution in [0, 0.1) is 0 Å². The van der Waals surface area contributed by atoms with Crippen LogP contribution in [0.2, 0.25) is 0 Å². The summed E-state index contributed by atoms with van der Waals surface area (Å²) in [5, 5.41) is 0. The Morgan fingerprint density at radius 1 is 0.848 bits per heavy atom. The Balaban J connectivity index is 1.40. The van der Waals surface area contributed by atoms with E-state index in [1.54, 1.807) is 50.6 Å². The summed E-state index contributed by atoms with van der Waals surface area (Å²) in [6.07, 6.45) is 2.29. The van der Waals surface area contributed by atoms with Gasteiger partial charge >= 0.3 is 0 Å². The third-order valence-electron chi connectivity index (χ3n) is 5.69. The van der Waals surface area contributed by atoms with E-state index in [4.69, 9.17) is 14.2 Å². The summed E-state index contributed by atoms with van der Waals surface area (Å²) in [6, 6.07) is 21.0. The van der Waals surface area contributed by atoms with E-state index in [9.17, 15) is 8.42 Å². The molecule has 3 aromatic carbocycles. The van der Waals surface area contributed by atoms with Crippen molar-refractivity contribution < 1.29 is 22.6 Å². The van der Waals surface area contributed by atoms with Crippen molar-refractivity contribution in [2.45, 2.75) is 23.8 Å². The highest BCUT2D eigenvalue weighted by atomic mass is 32.2. The summed E-state index contributed by atoms with van der Waals surface area (Å²) >= 11 is 0. The van der Waals surface area contributed by atoms with E-state index < -0.39 is 10.0 Å². The molecule has 1 saturated heterocycles. The molecule has 0 atom stereocenters. The van der Waals surface area contributed by atoms with E-state index >= 15 is 0 Å². The highest BCUT2D eigenvalue weighted by molar-refractivity contribution is 7.92. The third kappa shape index (κ3) is 5.58. The molecular formula is C25H28N2O5S. The molecule has 0 aromatic heterocycles. The van der Waals surface area contributed by atoms with Gasteiger partial charge in [0.05, 0.1) is 18.1 Å². The van der Waals surface area contributed by atoms with Crippen LogP contribution in [0.3, 0.4) is 0 Å². The average Bonchev–Trinajstić information content (AvgIpc) is 2.85. The normalized spacial score (nSPS) is 14.7. The van der Waals surface area contributed by atoms with Crippen LogP contribution >= 0.6 is 0 Å². The fraction of sp³-hybridized carbons (Fsp3) is 0.280. The number of nitrogens with zero attached hydrogens (tertiary/aromatic N) is 1. The van der Waals surface area contributed by atoms with Gasteiger partial charge in [0.1, 0.15) is 5.75 Å². The molecule has 0 spiro atoms. The molecule has 1 aliphatic rings. The molecule has 3 aromatic rings. The van der Waals surface area contributed by atoms with Crippen LogP contribution in [0.25, 0.3) is 0 Å². The van der Waals surface area contributed by atoms with E-state index in [0.717, 1.165) is 31.6 Å². The van der Waals surface area contributed by atoms with Gasteiger partial charge in [0.2, 0.25) is 0 Å². The van der Waals surface area contributed by atoms with Crippen molar-refractivity contribution in [3.63, 3.8) is 0 Å². The van der Waals surface area contributed by atoms with E-state index in [2.05, 4.69) is 9.62 Å². The Kier molecular flexibility index (Phi) is 7.05. The molecule has 8 heteroatoms. The Bertz CT molecular complexity index is 1160. The molecule has 0 unspecified atom stereocenters. The monoisotopic (exact) mass is 468 g/mol. The number of ether oxygens (including phenoxy) is 3. The number of piperidine rings is 1. The minimum absolute atomic E-state index is 0.153.